The minimum atomic E-state index is -1.05. The number of aromatic carboxylic acids is 1. The smallest absolute Gasteiger partial charge is 0.353 e. The Morgan fingerprint density at radius 1 is 1.38 bits per heavy atom. The molecule has 2 aromatic rings. The lowest BCUT2D eigenvalue weighted by atomic mass is 10.1. The number of rotatable bonds is 5. The molecule has 7 nitrogen and oxygen atoms in total. The van der Waals surface area contributed by atoms with E-state index in [9.17, 15) is 4.79 Å². The highest BCUT2D eigenvalue weighted by atomic mass is 16.6. The molecule has 0 spiro atoms. The fourth-order valence-corrected chi connectivity index (χ4v) is 1.97. The van der Waals surface area contributed by atoms with Gasteiger partial charge in [-0.3, -0.25) is 5.10 Å². The number of nitrogens with zero attached hydrogens (tertiary/aromatic N) is 1. The molecule has 1 aromatic carbocycles. The number of hydrogen-bond donors (Lipinski definition) is 2. The number of carboxylic acids is 1. The van der Waals surface area contributed by atoms with Crippen molar-refractivity contribution < 1.29 is 24.1 Å². The zero-order valence-corrected chi connectivity index (χ0v) is 11.3. The van der Waals surface area contributed by atoms with Crippen LogP contribution in [0.1, 0.15) is 10.5 Å². The lowest BCUT2D eigenvalue weighted by Crippen LogP contribution is -2.38. The maximum absolute atomic E-state index is 10.9. The number of methoxy groups -OCH3 is 1. The molecule has 3 rings (SSSR count). The minimum absolute atomic E-state index is 0.0166. The number of aromatic nitrogens is 2. The molecule has 0 radical (unpaired) electrons. The van der Waals surface area contributed by atoms with Crippen LogP contribution < -0.4 is 9.47 Å². The molecule has 2 heterocycles. The number of H-pyrrole nitrogens is 1. The Morgan fingerprint density at radius 3 is 2.76 bits per heavy atom. The fourth-order valence-electron chi connectivity index (χ4n) is 1.97. The van der Waals surface area contributed by atoms with Crippen LogP contribution in [0.3, 0.4) is 0 Å². The summed E-state index contributed by atoms with van der Waals surface area (Å²) in [6.07, 6.45) is 0.0166. The predicted octanol–water partition coefficient (Wildman–Crippen LogP) is 1.56. The van der Waals surface area contributed by atoms with Crippen LogP contribution in [0.5, 0.6) is 11.5 Å². The fraction of sp³-hybridized carbons (Fsp3) is 0.286. The van der Waals surface area contributed by atoms with Gasteiger partial charge in [-0.2, -0.15) is 5.10 Å². The van der Waals surface area contributed by atoms with Crippen molar-refractivity contribution in [1.29, 1.82) is 0 Å². The quantitative estimate of drug-likeness (QED) is 0.868. The first-order valence-corrected chi connectivity index (χ1v) is 6.39. The Labute approximate surface area is 120 Å². The summed E-state index contributed by atoms with van der Waals surface area (Å²) < 4.78 is 16.1. The van der Waals surface area contributed by atoms with Gasteiger partial charge in [0.25, 0.3) is 0 Å². The normalized spacial score (nSPS) is 14.5. The number of hydrogen-bond acceptors (Lipinski definition) is 5. The molecule has 1 saturated heterocycles. The lowest BCUT2D eigenvalue weighted by molar-refractivity contribution is -0.0803. The van der Waals surface area contributed by atoms with E-state index in [1.54, 1.807) is 25.3 Å². The molecule has 110 valence electrons. The van der Waals surface area contributed by atoms with Crippen molar-refractivity contribution in [2.24, 2.45) is 0 Å². The van der Waals surface area contributed by atoms with Crippen molar-refractivity contribution in [1.82, 2.24) is 10.2 Å². The summed E-state index contributed by atoms with van der Waals surface area (Å²) in [6.45, 7) is 1.11. The van der Waals surface area contributed by atoms with E-state index in [2.05, 4.69) is 10.2 Å². The van der Waals surface area contributed by atoms with E-state index in [-0.39, 0.29) is 11.8 Å². The Kier molecular flexibility index (Phi) is 3.49. The highest BCUT2D eigenvalue weighted by Gasteiger charge is 2.22. The predicted molar refractivity (Wildman–Crippen MR) is 72.8 cm³/mol. The second-order valence-electron chi connectivity index (χ2n) is 4.61. The number of benzene rings is 1. The lowest BCUT2D eigenvalue weighted by Gasteiger charge is -2.27. The molecule has 21 heavy (non-hydrogen) atoms. The maximum Gasteiger partial charge on any atom is 0.353 e. The van der Waals surface area contributed by atoms with Crippen LogP contribution in [-0.2, 0) is 4.74 Å². The summed E-state index contributed by atoms with van der Waals surface area (Å²) in [5.41, 5.74) is 1.32. The summed E-state index contributed by atoms with van der Waals surface area (Å²) in [7, 11) is 1.57. The average Bonchev–Trinajstić information content (AvgIpc) is 2.92. The zero-order valence-electron chi connectivity index (χ0n) is 11.3. The molecule has 0 amide bonds. The van der Waals surface area contributed by atoms with Crippen LogP contribution in [0, 0.1) is 0 Å². The zero-order chi connectivity index (χ0) is 14.8. The van der Waals surface area contributed by atoms with Gasteiger partial charge in [-0.05, 0) is 24.3 Å². The third kappa shape index (κ3) is 2.68. The minimum Gasteiger partial charge on any atom is -0.493 e. The molecule has 1 aromatic heterocycles. The van der Waals surface area contributed by atoms with Crippen molar-refractivity contribution in [3.05, 3.63) is 30.0 Å². The Balaban J connectivity index is 1.90. The van der Waals surface area contributed by atoms with Gasteiger partial charge in [-0.1, -0.05) is 0 Å². The monoisotopic (exact) mass is 290 g/mol. The average molecular weight is 290 g/mol. The van der Waals surface area contributed by atoms with Gasteiger partial charge in [-0.25, -0.2) is 4.79 Å². The van der Waals surface area contributed by atoms with E-state index in [1.165, 1.54) is 6.07 Å². The van der Waals surface area contributed by atoms with Gasteiger partial charge >= 0.3 is 5.97 Å². The van der Waals surface area contributed by atoms with Gasteiger partial charge in [0.15, 0.2) is 11.5 Å². The second-order valence-corrected chi connectivity index (χ2v) is 4.61. The van der Waals surface area contributed by atoms with Crippen LogP contribution in [-0.4, -0.2) is 47.7 Å². The van der Waals surface area contributed by atoms with Gasteiger partial charge in [0.05, 0.1) is 26.0 Å². The van der Waals surface area contributed by atoms with Gasteiger partial charge in [0.1, 0.15) is 11.8 Å². The van der Waals surface area contributed by atoms with E-state index >= 15 is 0 Å². The van der Waals surface area contributed by atoms with Crippen molar-refractivity contribution >= 4 is 5.97 Å². The van der Waals surface area contributed by atoms with Gasteiger partial charge in [0.2, 0.25) is 0 Å². The van der Waals surface area contributed by atoms with Crippen molar-refractivity contribution in [3.8, 4) is 22.8 Å². The highest BCUT2D eigenvalue weighted by molar-refractivity contribution is 5.86. The maximum atomic E-state index is 10.9. The highest BCUT2D eigenvalue weighted by Crippen LogP contribution is 2.33. The number of carboxylic acid groups (broad SMARTS) is 1. The first-order chi connectivity index (χ1) is 10.2. The third-order valence-corrected chi connectivity index (χ3v) is 3.17. The summed E-state index contributed by atoms with van der Waals surface area (Å²) in [4.78, 5) is 10.9. The van der Waals surface area contributed by atoms with Crippen molar-refractivity contribution in [2.45, 2.75) is 6.10 Å². The van der Waals surface area contributed by atoms with E-state index < -0.39 is 5.97 Å². The second kappa shape index (κ2) is 5.45. The summed E-state index contributed by atoms with van der Waals surface area (Å²) >= 11 is 0. The van der Waals surface area contributed by atoms with E-state index in [0.29, 0.717) is 30.4 Å². The number of aromatic amines is 1. The largest absolute Gasteiger partial charge is 0.493 e. The van der Waals surface area contributed by atoms with Crippen molar-refractivity contribution in [2.75, 3.05) is 20.3 Å². The molecule has 0 bridgehead atoms. The third-order valence-electron chi connectivity index (χ3n) is 3.17. The molecule has 0 unspecified atom stereocenters. The first kappa shape index (κ1) is 13.4. The Bertz CT molecular complexity index is 663. The van der Waals surface area contributed by atoms with E-state index in [4.69, 9.17) is 19.3 Å². The molecule has 0 aliphatic carbocycles. The topological polar surface area (TPSA) is 93.7 Å². The molecule has 1 aliphatic rings. The molecular weight excluding hydrogens is 276 g/mol. The van der Waals surface area contributed by atoms with Crippen LogP contribution >= 0.6 is 0 Å². The molecular formula is C14H14N2O5. The molecule has 1 aliphatic heterocycles. The molecule has 0 atom stereocenters. The molecule has 2 N–H and O–H groups in total. The van der Waals surface area contributed by atoms with E-state index in [0.717, 1.165) is 5.56 Å². The van der Waals surface area contributed by atoms with Crippen LogP contribution in [0.25, 0.3) is 11.3 Å². The molecule has 0 saturated carbocycles. The van der Waals surface area contributed by atoms with Crippen molar-refractivity contribution in [3.63, 3.8) is 0 Å². The summed E-state index contributed by atoms with van der Waals surface area (Å²) in [5, 5.41) is 15.4. The molecule has 7 heteroatoms. The first-order valence-electron chi connectivity index (χ1n) is 6.39. The van der Waals surface area contributed by atoms with Gasteiger partial charge < -0.3 is 19.3 Å². The Morgan fingerprint density at radius 2 is 2.19 bits per heavy atom. The van der Waals surface area contributed by atoms with Gasteiger partial charge in [-0.15, -0.1) is 0 Å². The van der Waals surface area contributed by atoms with Gasteiger partial charge in [0, 0.05) is 5.56 Å². The van der Waals surface area contributed by atoms with Crippen LogP contribution in [0.15, 0.2) is 24.3 Å². The number of nitrogens with one attached hydrogen (secondary N) is 1. The Hall–Kier alpha value is -2.54. The number of carbonyl (C=O) groups is 1. The summed E-state index contributed by atoms with van der Waals surface area (Å²) in [5.74, 6) is 0.146. The SMILES string of the molecule is COc1ccc(-c2cc(C(=O)O)[nH]n2)cc1OC1COC1. The number of ether oxygens (including phenoxy) is 3. The van der Waals surface area contributed by atoms with Crippen LogP contribution in [0.4, 0.5) is 0 Å². The van der Waals surface area contributed by atoms with E-state index in [1.807, 2.05) is 0 Å². The standard InChI is InChI=1S/C14H14N2O5/c1-19-12-3-2-8(4-13(12)21-9-6-20-7-9)10-5-11(14(17)18)16-15-10/h2-5,9H,6-7H2,1H3,(H,15,16)(H,17,18). The van der Waals surface area contributed by atoms with Crippen LogP contribution in [0.2, 0.25) is 0 Å². The summed E-state index contributed by atoms with van der Waals surface area (Å²) in [6, 6.07) is 6.81. The molecule has 1 fully saturated rings.